The second-order valence-corrected chi connectivity index (χ2v) is 4.81. The first-order valence-corrected chi connectivity index (χ1v) is 6.22. The molecule has 0 amide bonds. The molecule has 0 heterocycles. The lowest BCUT2D eigenvalue weighted by Gasteiger charge is -2.09. The summed E-state index contributed by atoms with van der Waals surface area (Å²) in [6.45, 7) is 0.653. The van der Waals surface area contributed by atoms with Crippen molar-refractivity contribution in [2.75, 3.05) is 5.32 Å². The van der Waals surface area contributed by atoms with Gasteiger partial charge in [-0.3, -0.25) is 0 Å². The van der Waals surface area contributed by atoms with E-state index in [0.29, 0.717) is 16.6 Å². The van der Waals surface area contributed by atoms with Crippen molar-refractivity contribution < 1.29 is 0 Å². The van der Waals surface area contributed by atoms with E-state index >= 15 is 0 Å². The van der Waals surface area contributed by atoms with E-state index in [1.54, 1.807) is 6.07 Å². The van der Waals surface area contributed by atoms with E-state index in [2.05, 4.69) is 5.32 Å². The molecule has 2 aromatic rings. The molecule has 88 valence electrons. The lowest BCUT2D eigenvalue weighted by Crippen LogP contribution is -1.99. The number of benzene rings is 2. The van der Waals surface area contributed by atoms with E-state index in [-0.39, 0.29) is 0 Å². The van der Waals surface area contributed by atoms with Crippen LogP contribution in [0.1, 0.15) is 5.56 Å². The molecule has 1 nitrogen and oxygen atoms in total. The van der Waals surface area contributed by atoms with Crippen LogP contribution in [0.3, 0.4) is 0 Å². The van der Waals surface area contributed by atoms with Crippen molar-refractivity contribution in [3.63, 3.8) is 0 Å². The second kappa shape index (κ2) is 5.63. The first kappa shape index (κ1) is 12.6. The van der Waals surface area contributed by atoms with Gasteiger partial charge in [-0.05, 0) is 29.8 Å². The van der Waals surface area contributed by atoms with Crippen LogP contribution in [0, 0.1) is 0 Å². The Balaban J connectivity index is 2.10. The largest absolute Gasteiger partial charge is 0.380 e. The van der Waals surface area contributed by atoms with Crippen molar-refractivity contribution in [2.45, 2.75) is 6.54 Å². The van der Waals surface area contributed by atoms with Crippen LogP contribution in [-0.4, -0.2) is 0 Å². The SMILES string of the molecule is Clc1cccc(CNc2cccc(Cl)c2Cl)c1. The molecule has 0 bridgehead atoms. The standard InChI is InChI=1S/C13H10Cl3N/c14-10-4-1-3-9(7-10)8-17-12-6-2-5-11(15)13(12)16/h1-7,17H,8H2. The Kier molecular flexibility index (Phi) is 4.16. The van der Waals surface area contributed by atoms with Crippen LogP contribution >= 0.6 is 34.8 Å². The van der Waals surface area contributed by atoms with Crippen molar-refractivity contribution in [1.82, 2.24) is 0 Å². The predicted molar refractivity (Wildman–Crippen MR) is 75.2 cm³/mol. The Morgan fingerprint density at radius 2 is 1.71 bits per heavy atom. The molecule has 0 radical (unpaired) electrons. The molecule has 1 N–H and O–H groups in total. The lowest BCUT2D eigenvalue weighted by atomic mass is 10.2. The number of anilines is 1. The highest BCUT2D eigenvalue weighted by Gasteiger charge is 2.03. The van der Waals surface area contributed by atoms with Crippen molar-refractivity contribution in [3.05, 3.63) is 63.1 Å². The van der Waals surface area contributed by atoms with Crippen molar-refractivity contribution in [1.29, 1.82) is 0 Å². The Hall–Kier alpha value is -0.890. The predicted octanol–water partition coefficient (Wildman–Crippen LogP) is 5.26. The molecule has 0 unspecified atom stereocenters. The Bertz CT molecular complexity index is 526. The molecule has 4 heteroatoms. The average Bonchev–Trinajstić information content (AvgIpc) is 2.31. The zero-order valence-electron chi connectivity index (χ0n) is 8.88. The lowest BCUT2D eigenvalue weighted by molar-refractivity contribution is 1.15. The summed E-state index contributed by atoms with van der Waals surface area (Å²) in [5.41, 5.74) is 1.91. The van der Waals surface area contributed by atoms with Crippen molar-refractivity contribution >= 4 is 40.5 Å². The van der Waals surface area contributed by atoms with Gasteiger partial charge in [-0.1, -0.05) is 53.0 Å². The van der Waals surface area contributed by atoms with Gasteiger partial charge in [-0.25, -0.2) is 0 Å². The Morgan fingerprint density at radius 3 is 2.47 bits per heavy atom. The molecule has 0 fully saturated rings. The van der Waals surface area contributed by atoms with E-state index in [1.165, 1.54) is 0 Å². The summed E-state index contributed by atoms with van der Waals surface area (Å²) in [7, 11) is 0. The van der Waals surface area contributed by atoms with E-state index in [0.717, 1.165) is 16.3 Å². The van der Waals surface area contributed by atoms with E-state index in [1.807, 2.05) is 36.4 Å². The van der Waals surface area contributed by atoms with Gasteiger partial charge in [0.15, 0.2) is 0 Å². The molecular weight excluding hydrogens is 277 g/mol. The molecule has 2 rings (SSSR count). The first-order valence-electron chi connectivity index (χ1n) is 5.09. The zero-order valence-corrected chi connectivity index (χ0v) is 11.2. The molecule has 0 aliphatic heterocycles. The number of hydrogen-bond acceptors (Lipinski definition) is 1. The summed E-state index contributed by atoms with van der Waals surface area (Å²) < 4.78 is 0. The number of rotatable bonds is 3. The van der Waals surface area contributed by atoms with E-state index < -0.39 is 0 Å². The summed E-state index contributed by atoms with van der Waals surface area (Å²) in [5.74, 6) is 0. The molecule has 0 aromatic heterocycles. The van der Waals surface area contributed by atoms with Gasteiger partial charge in [0, 0.05) is 11.6 Å². The van der Waals surface area contributed by atoms with Gasteiger partial charge in [0.25, 0.3) is 0 Å². The zero-order chi connectivity index (χ0) is 12.3. The fourth-order valence-corrected chi connectivity index (χ4v) is 2.06. The van der Waals surface area contributed by atoms with Crippen LogP contribution in [0.2, 0.25) is 15.1 Å². The van der Waals surface area contributed by atoms with E-state index in [4.69, 9.17) is 34.8 Å². The minimum absolute atomic E-state index is 0.538. The van der Waals surface area contributed by atoms with Crippen molar-refractivity contribution in [3.8, 4) is 0 Å². The fourth-order valence-electron chi connectivity index (χ4n) is 1.48. The minimum Gasteiger partial charge on any atom is -0.380 e. The number of hydrogen-bond donors (Lipinski definition) is 1. The molecule has 0 aliphatic carbocycles. The summed E-state index contributed by atoms with van der Waals surface area (Å²) >= 11 is 17.9. The maximum Gasteiger partial charge on any atom is 0.0823 e. The summed E-state index contributed by atoms with van der Waals surface area (Å²) in [4.78, 5) is 0. The van der Waals surface area contributed by atoms with Gasteiger partial charge in [-0.15, -0.1) is 0 Å². The van der Waals surface area contributed by atoms with Gasteiger partial charge in [0.2, 0.25) is 0 Å². The maximum atomic E-state index is 6.07. The summed E-state index contributed by atoms with van der Waals surface area (Å²) in [5, 5.41) is 5.03. The maximum absolute atomic E-state index is 6.07. The van der Waals surface area contributed by atoms with Gasteiger partial charge in [0.1, 0.15) is 0 Å². The highest BCUT2D eigenvalue weighted by molar-refractivity contribution is 6.43. The topological polar surface area (TPSA) is 12.0 Å². The number of nitrogens with one attached hydrogen (secondary N) is 1. The van der Waals surface area contributed by atoms with Crippen LogP contribution in [0.4, 0.5) is 5.69 Å². The van der Waals surface area contributed by atoms with Crippen molar-refractivity contribution in [2.24, 2.45) is 0 Å². The van der Waals surface area contributed by atoms with Gasteiger partial charge >= 0.3 is 0 Å². The summed E-state index contributed by atoms with van der Waals surface area (Å²) in [6.07, 6.45) is 0. The van der Waals surface area contributed by atoms with E-state index in [9.17, 15) is 0 Å². The fraction of sp³-hybridized carbons (Fsp3) is 0.0769. The van der Waals surface area contributed by atoms with Crippen LogP contribution in [-0.2, 0) is 6.54 Å². The monoisotopic (exact) mass is 285 g/mol. The third kappa shape index (κ3) is 3.29. The van der Waals surface area contributed by atoms with Gasteiger partial charge < -0.3 is 5.32 Å². The number of halogens is 3. The molecule has 0 saturated heterocycles. The molecule has 0 spiro atoms. The van der Waals surface area contributed by atoms with Gasteiger partial charge in [0.05, 0.1) is 15.7 Å². The van der Waals surface area contributed by atoms with Gasteiger partial charge in [-0.2, -0.15) is 0 Å². The highest BCUT2D eigenvalue weighted by atomic mass is 35.5. The third-order valence-electron chi connectivity index (χ3n) is 2.32. The Labute approximate surface area is 115 Å². The molecular formula is C13H10Cl3N. The first-order chi connectivity index (χ1) is 8.16. The van der Waals surface area contributed by atoms with Crippen LogP contribution in [0.15, 0.2) is 42.5 Å². The second-order valence-electron chi connectivity index (χ2n) is 3.58. The average molecular weight is 287 g/mol. The smallest absolute Gasteiger partial charge is 0.0823 e. The highest BCUT2D eigenvalue weighted by Crippen LogP contribution is 2.29. The minimum atomic E-state index is 0.538. The molecule has 17 heavy (non-hydrogen) atoms. The van der Waals surface area contributed by atoms with Crippen LogP contribution < -0.4 is 5.32 Å². The molecule has 2 aromatic carbocycles. The summed E-state index contributed by atoms with van der Waals surface area (Å²) in [6, 6.07) is 13.2. The normalized spacial score (nSPS) is 10.3. The Morgan fingerprint density at radius 1 is 0.941 bits per heavy atom. The molecule has 0 saturated carbocycles. The quantitative estimate of drug-likeness (QED) is 0.811. The molecule has 0 atom stereocenters. The van der Waals surface area contributed by atoms with Crippen LogP contribution in [0.5, 0.6) is 0 Å². The third-order valence-corrected chi connectivity index (χ3v) is 3.38. The molecule has 0 aliphatic rings. The van der Waals surface area contributed by atoms with Crippen LogP contribution in [0.25, 0.3) is 0 Å².